The van der Waals surface area contributed by atoms with E-state index in [4.69, 9.17) is 16.3 Å². The first kappa shape index (κ1) is 21.0. The fourth-order valence-electron chi connectivity index (χ4n) is 3.32. The number of fused-ring (bicyclic) bond motifs is 1. The Morgan fingerprint density at radius 2 is 2.00 bits per heavy atom. The fraction of sp³-hybridized carbons (Fsp3) is 0.300. The van der Waals surface area contributed by atoms with Gasteiger partial charge in [0.1, 0.15) is 5.75 Å². The van der Waals surface area contributed by atoms with E-state index in [0.717, 1.165) is 11.3 Å². The smallest absolute Gasteiger partial charge is 0.251 e. The lowest BCUT2D eigenvalue weighted by molar-refractivity contribution is 0.0951. The van der Waals surface area contributed by atoms with Crippen LogP contribution in [-0.4, -0.2) is 49.4 Å². The van der Waals surface area contributed by atoms with E-state index in [2.05, 4.69) is 15.6 Å². The van der Waals surface area contributed by atoms with Crippen LogP contribution in [0.2, 0.25) is 5.02 Å². The Labute approximate surface area is 184 Å². The molecule has 2 N–H and O–H groups in total. The minimum absolute atomic E-state index is 0.0627. The van der Waals surface area contributed by atoms with Crippen molar-refractivity contribution in [3.63, 3.8) is 0 Å². The van der Waals surface area contributed by atoms with Crippen LogP contribution in [0.4, 0.5) is 5.69 Å². The summed E-state index contributed by atoms with van der Waals surface area (Å²) in [5.41, 5.74) is 1.97. The normalized spacial score (nSPS) is 21.6. The average Bonchev–Trinajstić information content (AvgIpc) is 3.20. The van der Waals surface area contributed by atoms with Gasteiger partial charge in [-0.3, -0.25) is 9.79 Å². The number of carbonyl (C=O) groups is 1. The lowest BCUT2D eigenvalue weighted by atomic mass is 10.1. The minimum atomic E-state index is -3.00. The van der Waals surface area contributed by atoms with Crippen molar-refractivity contribution < 1.29 is 17.9 Å². The molecule has 1 fully saturated rings. The van der Waals surface area contributed by atoms with Gasteiger partial charge in [-0.1, -0.05) is 35.5 Å². The van der Waals surface area contributed by atoms with Gasteiger partial charge in [0, 0.05) is 17.4 Å². The van der Waals surface area contributed by atoms with Crippen LogP contribution in [0.15, 0.2) is 47.5 Å². The van der Waals surface area contributed by atoms with Gasteiger partial charge in [-0.15, -0.1) is 0 Å². The maximum atomic E-state index is 12.6. The zero-order valence-electron chi connectivity index (χ0n) is 16.1. The molecule has 0 bridgehead atoms. The van der Waals surface area contributed by atoms with Gasteiger partial charge in [0.15, 0.2) is 15.0 Å². The van der Waals surface area contributed by atoms with Gasteiger partial charge in [-0.25, -0.2) is 8.42 Å². The SMILES string of the molecule is COc1ccc(CNC(=O)c2ccc(Cl)c(NC3=N[C@H]4CS(=O)(=O)C[C@H]4S3)c2)cc1. The van der Waals surface area contributed by atoms with E-state index in [-0.39, 0.29) is 28.7 Å². The number of benzene rings is 2. The zero-order chi connectivity index (χ0) is 21.3. The molecular formula is C20H20ClN3O4S2. The molecule has 0 aromatic heterocycles. The first-order chi connectivity index (χ1) is 14.3. The number of nitrogens with zero attached hydrogens (tertiary/aromatic N) is 1. The summed E-state index contributed by atoms with van der Waals surface area (Å²) in [6.45, 7) is 0.384. The number of rotatable bonds is 5. The van der Waals surface area contributed by atoms with Crippen LogP contribution in [0.5, 0.6) is 5.75 Å². The second-order valence-electron chi connectivity index (χ2n) is 7.09. The van der Waals surface area contributed by atoms with Gasteiger partial charge in [0.2, 0.25) is 0 Å². The molecule has 2 heterocycles. The Balaban J connectivity index is 1.41. The number of anilines is 1. The number of nitrogens with one attached hydrogen (secondary N) is 2. The van der Waals surface area contributed by atoms with Crippen LogP contribution < -0.4 is 15.4 Å². The highest BCUT2D eigenvalue weighted by Gasteiger charge is 2.42. The molecule has 2 aromatic carbocycles. The molecule has 2 atom stereocenters. The molecular weight excluding hydrogens is 446 g/mol. The van der Waals surface area contributed by atoms with Gasteiger partial charge in [0.05, 0.1) is 35.4 Å². The van der Waals surface area contributed by atoms with E-state index in [1.165, 1.54) is 11.8 Å². The molecule has 0 aliphatic carbocycles. The van der Waals surface area contributed by atoms with Crippen molar-refractivity contribution in [2.45, 2.75) is 17.8 Å². The predicted molar refractivity (Wildman–Crippen MR) is 120 cm³/mol. The zero-order valence-corrected chi connectivity index (χ0v) is 18.5. The first-order valence-electron chi connectivity index (χ1n) is 9.25. The monoisotopic (exact) mass is 465 g/mol. The third kappa shape index (κ3) is 4.74. The van der Waals surface area contributed by atoms with E-state index in [0.29, 0.717) is 28.0 Å². The number of aliphatic imine (C=N–C) groups is 1. The van der Waals surface area contributed by atoms with E-state index >= 15 is 0 Å². The number of sulfone groups is 1. The van der Waals surface area contributed by atoms with Crippen LogP contribution in [0.25, 0.3) is 0 Å². The van der Waals surface area contributed by atoms with Gasteiger partial charge in [-0.2, -0.15) is 0 Å². The fourth-order valence-corrected chi connectivity index (χ4v) is 7.15. The number of amidine groups is 1. The summed E-state index contributed by atoms with van der Waals surface area (Å²) in [5.74, 6) is 0.748. The molecule has 1 saturated heterocycles. The van der Waals surface area contributed by atoms with Crippen molar-refractivity contribution >= 4 is 50.0 Å². The topological polar surface area (TPSA) is 96.9 Å². The number of ether oxygens (including phenoxy) is 1. The summed E-state index contributed by atoms with van der Waals surface area (Å²) in [6, 6.07) is 12.2. The molecule has 0 radical (unpaired) electrons. The van der Waals surface area contributed by atoms with Crippen LogP contribution >= 0.6 is 23.4 Å². The minimum Gasteiger partial charge on any atom is -0.497 e. The van der Waals surface area contributed by atoms with Crippen molar-refractivity contribution in [1.29, 1.82) is 0 Å². The molecule has 0 spiro atoms. The highest BCUT2D eigenvalue weighted by atomic mass is 35.5. The van der Waals surface area contributed by atoms with Crippen LogP contribution in [0.3, 0.4) is 0 Å². The van der Waals surface area contributed by atoms with Gasteiger partial charge < -0.3 is 15.4 Å². The molecule has 1 amide bonds. The Hall–Kier alpha value is -2.23. The summed E-state index contributed by atoms with van der Waals surface area (Å²) >= 11 is 7.68. The second kappa shape index (κ2) is 8.49. The number of hydrogen-bond donors (Lipinski definition) is 2. The Bertz CT molecular complexity index is 1100. The Kier molecular flexibility index (Phi) is 5.95. The van der Waals surface area contributed by atoms with Crippen molar-refractivity contribution in [3.05, 3.63) is 58.6 Å². The molecule has 10 heteroatoms. The third-order valence-corrected chi connectivity index (χ3v) is 8.37. The van der Waals surface area contributed by atoms with E-state index in [1.54, 1.807) is 25.3 Å². The summed E-state index contributed by atoms with van der Waals surface area (Å²) in [4.78, 5) is 17.0. The highest BCUT2D eigenvalue weighted by molar-refractivity contribution is 8.15. The average molecular weight is 466 g/mol. The number of hydrogen-bond acceptors (Lipinski definition) is 7. The lowest BCUT2D eigenvalue weighted by Crippen LogP contribution is -2.23. The number of halogens is 1. The van der Waals surface area contributed by atoms with Crippen molar-refractivity contribution in [2.75, 3.05) is 23.9 Å². The Morgan fingerprint density at radius 1 is 1.23 bits per heavy atom. The number of methoxy groups -OCH3 is 1. The van der Waals surface area contributed by atoms with Gasteiger partial charge >= 0.3 is 0 Å². The first-order valence-corrected chi connectivity index (χ1v) is 12.3. The second-order valence-corrected chi connectivity index (χ2v) is 10.9. The molecule has 7 nitrogen and oxygen atoms in total. The molecule has 4 rings (SSSR count). The van der Waals surface area contributed by atoms with Crippen molar-refractivity contribution in [2.24, 2.45) is 4.99 Å². The number of amides is 1. The maximum Gasteiger partial charge on any atom is 0.251 e. The summed E-state index contributed by atoms with van der Waals surface area (Å²) < 4.78 is 28.5. The highest BCUT2D eigenvalue weighted by Crippen LogP contribution is 2.35. The quantitative estimate of drug-likeness (QED) is 0.704. The summed E-state index contributed by atoms with van der Waals surface area (Å²) in [5, 5.41) is 7.03. The molecule has 0 saturated carbocycles. The van der Waals surface area contributed by atoms with Gasteiger partial charge in [0.25, 0.3) is 5.91 Å². The van der Waals surface area contributed by atoms with E-state index in [1.807, 2.05) is 24.3 Å². The van der Waals surface area contributed by atoms with Crippen molar-refractivity contribution in [3.8, 4) is 5.75 Å². The standard InChI is InChI=1S/C20H20ClN3O4S2/c1-28-14-5-2-12(3-6-14)9-22-19(25)13-4-7-15(21)16(8-13)23-20-24-17-10-30(26,27)11-18(17)29-20/h2-8,17-18H,9-11H2,1H3,(H,22,25)(H,23,24)/t17-,18+/m0/s1. The number of carbonyl (C=O) groups excluding carboxylic acids is 1. The predicted octanol–water partition coefficient (Wildman–Crippen LogP) is 2.96. The molecule has 158 valence electrons. The van der Waals surface area contributed by atoms with Crippen LogP contribution in [0.1, 0.15) is 15.9 Å². The number of thioether (sulfide) groups is 1. The van der Waals surface area contributed by atoms with Crippen molar-refractivity contribution in [1.82, 2.24) is 5.32 Å². The third-order valence-electron chi connectivity index (χ3n) is 4.90. The molecule has 30 heavy (non-hydrogen) atoms. The van der Waals surface area contributed by atoms with Crippen LogP contribution in [0, 0.1) is 0 Å². The largest absolute Gasteiger partial charge is 0.497 e. The maximum absolute atomic E-state index is 12.6. The van der Waals surface area contributed by atoms with Gasteiger partial charge in [-0.05, 0) is 35.9 Å². The lowest BCUT2D eigenvalue weighted by Gasteiger charge is -2.11. The molecule has 0 unspecified atom stereocenters. The Morgan fingerprint density at radius 3 is 2.70 bits per heavy atom. The van der Waals surface area contributed by atoms with Crippen LogP contribution in [-0.2, 0) is 16.4 Å². The molecule has 2 aliphatic heterocycles. The summed E-state index contributed by atoms with van der Waals surface area (Å²) in [6.07, 6.45) is 0. The molecule has 2 aromatic rings. The summed E-state index contributed by atoms with van der Waals surface area (Å²) in [7, 11) is -1.40. The van der Waals surface area contributed by atoms with E-state index < -0.39 is 9.84 Å². The van der Waals surface area contributed by atoms with E-state index in [9.17, 15) is 13.2 Å². The molecule has 2 aliphatic rings.